The average molecular weight is 348 g/mol. The summed E-state index contributed by atoms with van der Waals surface area (Å²) in [7, 11) is 0. The molecule has 1 aliphatic rings. The third-order valence-electron chi connectivity index (χ3n) is 3.99. The van der Waals surface area contributed by atoms with Gasteiger partial charge >= 0.3 is 0 Å². The van der Waals surface area contributed by atoms with Crippen LogP contribution in [0.15, 0.2) is 24.3 Å². The monoisotopic (exact) mass is 348 g/mol. The van der Waals surface area contributed by atoms with E-state index in [1.165, 1.54) is 17.3 Å². The van der Waals surface area contributed by atoms with E-state index >= 15 is 0 Å². The molecular weight excluding hydrogens is 324 g/mol. The summed E-state index contributed by atoms with van der Waals surface area (Å²) >= 11 is 1.33. The molecule has 1 saturated heterocycles. The molecule has 0 radical (unpaired) electrons. The van der Waals surface area contributed by atoms with Crippen LogP contribution in [-0.4, -0.2) is 39.7 Å². The highest BCUT2D eigenvalue weighted by Crippen LogP contribution is 2.26. The number of carbonyl (C=O) groups is 3. The quantitative estimate of drug-likeness (QED) is 0.803. The zero-order chi connectivity index (χ0) is 17.7. The van der Waals surface area contributed by atoms with Crippen molar-refractivity contribution in [2.24, 2.45) is 0 Å². The van der Waals surface area contributed by atoms with E-state index in [0.29, 0.717) is 5.69 Å². The van der Waals surface area contributed by atoms with Crippen molar-refractivity contribution in [3.8, 4) is 0 Å². The lowest BCUT2D eigenvalue weighted by molar-refractivity contribution is -0.147. The summed E-state index contributed by atoms with van der Waals surface area (Å²) < 4.78 is 0. The van der Waals surface area contributed by atoms with Gasteiger partial charge in [-0.1, -0.05) is 25.5 Å². The third kappa shape index (κ3) is 4.60. The van der Waals surface area contributed by atoms with Crippen LogP contribution >= 0.6 is 11.8 Å². The van der Waals surface area contributed by atoms with Crippen molar-refractivity contribution in [2.75, 3.05) is 11.9 Å². The van der Waals surface area contributed by atoms with E-state index in [4.69, 9.17) is 0 Å². The highest BCUT2D eigenvalue weighted by atomic mass is 32.2. The molecule has 0 saturated carbocycles. The molecule has 1 heterocycles. The maximum absolute atomic E-state index is 12.2. The summed E-state index contributed by atoms with van der Waals surface area (Å²) in [5, 5.41) is 2.15. The number of rotatable bonds is 6. The number of unbranched alkanes of at least 4 members (excludes halogenated alkanes) is 1. The van der Waals surface area contributed by atoms with E-state index in [-0.39, 0.29) is 34.8 Å². The number of nitrogens with one attached hydrogen (secondary N) is 1. The Kier molecular flexibility index (Phi) is 6.43. The second-order valence-corrected chi connectivity index (χ2v) is 7.72. The predicted octanol–water partition coefficient (Wildman–Crippen LogP) is 2.85. The van der Waals surface area contributed by atoms with E-state index in [2.05, 4.69) is 12.2 Å². The topological polar surface area (TPSA) is 66.5 Å². The Hall–Kier alpha value is -1.82. The number of benzene rings is 1. The average Bonchev–Trinajstić information content (AvgIpc) is 2.56. The Morgan fingerprint density at radius 1 is 1.12 bits per heavy atom. The van der Waals surface area contributed by atoms with Gasteiger partial charge in [0.2, 0.25) is 17.7 Å². The molecule has 1 fully saturated rings. The van der Waals surface area contributed by atoms with Gasteiger partial charge in [-0.2, -0.15) is 0 Å². The van der Waals surface area contributed by atoms with E-state index < -0.39 is 0 Å². The lowest BCUT2D eigenvalue weighted by Gasteiger charge is -2.31. The third-order valence-corrected chi connectivity index (χ3v) is 5.21. The molecule has 0 spiro atoms. The fraction of sp³-hybridized carbons (Fsp3) is 0.500. The number of hydrogen-bond acceptors (Lipinski definition) is 4. The molecule has 3 amide bonds. The number of nitrogens with zero attached hydrogens (tertiary/aromatic N) is 1. The standard InChI is InChI=1S/C18H24N2O3S/c1-4-5-6-14-7-9-15(10-8-14)19-16(21)11-20-17(22)12(2)24-13(3)18(20)23/h7-10,12-13H,4-6,11H2,1-3H3,(H,19,21)/t12-,13-/m0/s1. The molecular formula is C18H24N2O3S. The van der Waals surface area contributed by atoms with Crippen molar-refractivity contribution in [3.63, 3.8) is 0 Å². The largest absolute Gasteiger partial charge is 0.325 e. The first kappa shape index (κ1) is 18.5. The fourth-order valence-electron chi connectivity index (χ4n) is 2.61. The summed E-state index contributed by atoms with van der Waals surface area (Å²) in [6, 6.07) is 7.68. The van der Waals surface area contributed by atoms with Gasteiger partial charge in [-0.25, -0.2) is 0 Å². The lowest BCUT2D eigenvalue weighted by atomic mass is 10.1. The predicted molar refractivity (Wildman–Crippen MR) is 96.9 cm³/mol. The number of hydrogen-bond donors (Lipinski definition) is 1. The molecule has 1 aromatic rings. The lowest BCUT2D eigenvalue weighted by Crippen LogP contribution is -2.52. The Labute approximate surface area is 147 Å². The normalized spacial score (nSPS) is 21.0. The van der Waals surface area contributed by atoms with Gasteiger partial charge in [-0.15, -0.1) is 11.8 Å². The van der Waals surface area contributed by atoms with E-state index in [1.54, 1.807) is 13.8 Å². The smallest absolute Gasteiger partial charge is 0.244 e. The summed E-state index contributed by atoms with van der Waals surface area (Å²) in [4.78, 5) is 37.5. The van der Waals surface area contributed by atoms with Crippen LogP contribution in [-0.2, 0) is 20.8 Å². The molecule has 1 N–H and O–H groups in total. The first-order valence-corrected chi connectivity index (χ1v) is 9.26. The number of anilines is 1. The van der Waals surface area contributed by atoms with Gasteiger partial charge in [0.05, 0.1) is 10.5 Å². The highest BCUT2D eigenvalue weighted by Gasteiger charge is 2.37. The summed E-state index contributed by atoms with van der Waals surface area (Å²) in [6.45, 7) is 5.44. The van der Waals surface area contributed by atoms with Gasteiger partial charge in [0, 0.05) is 5.69 Å². The van der Waals surface area contributed by atoms with Crippen LogP contribution in [0.4, 0.5) is 5.69 Å². The van der Waals surface area contributed by atoms with E-state index in [0.717, 1.165) is 24.2 Å². The first-order chi connectivity index (χ1) is 11.4. The fourth-order valence-corrected chi connectivity index (χ4v) is 3.71. The van der Waals surface area contributed by atoms with Crippen molar-refractivity contribution in [2.45, 2.75) is 50.5 Å². The number of amides is 3. The molecule has 2 rings (SSSR count). The van der Waals surface area contributed by atoms with Crippen LogP contribution in [0.25, 0.3) is 0 Å². The zero-order valence-electron chi connectivity index (χ0n) is 14.4. The van der Waals surface area contributed by atoms with Crippen molar-refractivity contribution in [3.05, 3.63) is 29.8 Å². The van der Waals surface area contributed by atoms with Gasteiger partial charge in [-0.05, 0) is 44.4 Å². The minimum atomic E-state index is -0.357. The van der Waals surface area contributed by atoms with Gasteiger partial charge in [-0.3, -0.25) is 19.3 Å². The van der Waals surface area contributed by atoms with Crippen molar-refractivity contribution < 1.29 is 14.4 Å². The molecule has 1 aliphatic heterocycles. The molecule has 2 atom stereocenters. The molecule has 1 aromatic carbocycles. The van der Waals surface area contributed by atoms with Crippen molar-refractivity contribution in [1.29, 1.82) is 0 Å². The van der Waals surface area contributed by atoms with Crippen LogP contribution in [0.5, 0.6) is 0 Å². The van der Waals surface area contributed by atoms with Crippen molar-refractivity contribution >= 4 is 35.2 Å². The summed E-state index contributed by atoms with van der Waals surface area (Å²) in [5.74, 6) is -0.953. The maximum atomic E-state index is 12.2. The second kappa shape index (κ2) is 8.33. The van der Waals surface area contributed by atoms with Gasteiger partial charge < -0.3 is 5.32 Å². The minimum absolute atomic E-state index is 0.232. The number of carbonyl (C=O) groups excluding carboxylic acids is 3. The maximum Gasteiger partial charge on any atom is 0.244 e. The second-order valence-electron chi connectivity index (χ2n) is 6.03. The number of aryl methyl sites for hydroxylation is 1. The molecule has 5 nitrogen and oxygen atoms in total. The Morgan fingerprint density at radius 3 is 2.25 bits per heavy atom. The summed E-state index contributed by atoms with van der Waals surface area (Å²) in [5.41, 5.74) is 1.91. The van der Waals surface area contributed by atoms with Gasteiger partial charge in [0.15, 0.2) is 0 Å². The first-order valence-electron chi connectivity index (χ1n) is 8.31. The van der Waals surface area contributed by atoms with Gasteiger partial charge in [0.25, 0.3) is 0 Å². The number of imide groups is 1. The number of thioether (sulfide) groups is 1. The molecule has 0 aromatic heterocycles. The van der Waals surface area contributed by atoms with Crippen LogP contribution in [0.3, 0.4) is 0 Å². The van der Waals surface area contributed by atoms with Crippen molar-refractivity contribution in [1.82, 2.24) is 4.90 Å². The molecule has 130 valence electrons. The van der Waals surface area contributed by atoms with Crippen LogP contribution in [0.1, 0.15) is 39.2 Å². The minimum Gasteiger partial charge on any atom is -0.325 e. The SMILES string of the molecule is CCCCc1ccc(NC(=O)CN2C(=O)[C@H](C)S[C@@H](C)C2=O)cc1. The molecule has 0 unspecified atom stereocenters. The zero-order valence-corrected chi connectivity index (χ0v) is 15.2. The molecule has 0 bridgehead atoms. The van der Waals surface area contributed by atoms with Crippen LogP contribution in [0, 0.1) is 0 Å². The highest BCUT2D eigenvalue weighted by molar-refractivity contribution is 8.02. The van der Waals surface area contributed by atoms with E-state index in [1.807, 2.05) is 24.3 Å². The Balaban J connectivity index is 1.94. The van der Waals surface area contributed by atoms with Crippen LogP contribution in [0.2, 0.25) is 0 Å². The molecule has 6 heteroatoms. The summed E-state index contributed by atoms with van der Waals surface area (Å²) in [6.07, 6.45) is 3.31. The van der Waals surface area contributed by atoms with Crippen LogP contribution < -0.4 is 5.32 Å². The Bertz CT molecular complexity index is 595. The molecule has 0 aliphatic carbocycles. The Morgan fingerprint density at radius 2 is 1.71 bits per heavy atom. The van der Waals surface area contributed by atoms with E-state index in [9.17, 15) is 14.4 Å². The van der Waals surface area contributed by atoms with Gasteiger partial charge in [0.1, 0.15) is 6.54 Å². The molecule has 24 heavy (non-hydrogen) atoms.